The lowest BCUT2D eigenvalue weighted by molar-refractivity contribution is -0.119. The maximum atomic E-state index is 12.2. The summed E-state index contributed by atoms with van der Waals surface area (Å²) in [6.07, 6.45) is 0.868. The first-order chi connectivity index (χ1) is 8.88. The number of carbonyl (C=O) groups excluding carboxylic acids is 1. The van der Waals surface area contributed by atoms with Gasteiger partial charge in [-0.05, 0) is 29.4 Å². The molecule has 0 aromatic heterocycles. The van der Waals surface area contributed by atoms with E-state index in [0.29, 0.717) is 11.8 Å². The molecule has 19 heavy (non-hydrogen) atoms. The molecule has 0 aliphatic rings. The minimum atomic E-state index is 0.0558. The van der Waals surface area contributed by atoms with Gasteiger partial charge in [-0.25, -0.2) is 0 Å². The molecule has 0 aliphatic heterocycles. The molecule has 0 radical (unpaired) electrons. The highest BCUT2D eigenvalue weighted by Gasteiger charge is 2.18. The number of benzene rings is 1. The van der Waals surface area contributed by atoms with E-state index < -0.39 is 0 Å². The second kappa shape index (κ2) is 6.74. The van der Waals surface area contributed by atoms with Crippen LogP contribution in [0.25, 0.3) is 0 Å². The number of para-hydroxylation sites is 1. The SMILES string of the molecule is CCC(C)C(=O)Nc1c(C(C)C)cccc1C(C)C. The zero-order chi connectivity index (χ0) is 14.6. The van der Waals surface area contributed by atoms with Crippen LogP contribution in [0.3, 0.4) is 0 Å². The molecule has 0 aliphatic carbocycles. The predicted octanol–water partition coefficient (Wildman–Crippen LogP) is 4.92. The first-order valence-electron chi connectivity index (χ1n) is 7.32. The third-order valence-electron chi connectivity index (χ3n) is 3.68. The van der Waals surface area contributed by atoms with Crippen molar-refractivity contribution in [2.45, 2.75) is 59.8 Å². The van der Waals surface area contributed by atoms with Crippen molar-refractivity contribution in [1.82, 2.24) is 0 Å². The molecule has 1 unspecified atom stereocenters. The fourth-order valence-electron chi connectivity index (χ4n) is 2.13. The van der Waals surface area contributed by atoms with E-state index in [1.54, 1.807) is 0 Å². The fraction of sp³-hybridized carbons (Fsp3) is 0.588. The van der Waals surface area contributed by atoms with E-state index >= 15 is 0 Å². The van der Waals surface area contributed by atoms with Crippen LogP contribution in [-0.2, 0) is 4.79 Å². The van der Waals surface area contributed by atoms with Crippen LogP contribution >= 0.6 is 0 Å². The third kappa shape index (κ3) is 3.82. The summed E-state index contributed by atoms with van der Waals surface area (Å²) < 4.78 is 0. The highest BCUT2D eigenvalue weighted by molar-refractivity contribution is 5.94. The van der Waals surface area contributed by atoms with E-state index in [9.17, 15) is 4.79 Å². The van der Waals surface area contributed by atoms with Crippen molar-refractivity contribution in [3.05, 3.63) is 29.3 Å². The Kier molecular flexibility index (Phi) is 5.59. The molecule has 1 aromatic carbocycles. The molecule has 0 saturated carbocycles. The highest BCUT2D eigenvalue weighted by Crippen LogP contribution is 2.32. The van der Waals surface area contributed by atoms with E-state index in [-0.39, 0.29) is 11.8 Å². The molecule has 0 saturated heterocycles. The third-order valence-corrected chi connectivity index (χ3v) is 3.68. The van der Waals surface area contributed by atoms with Crippen molar-refractivity contribution >= 4 is 11.6 Å². The number of hydrogen-bond acceptors (Lipinski definition) is 1. The Labute approximate surface area is 117 Å². The minimum Gasteiger partial charge on any atom is -0.325 e. The Morgan fingerprint density at radius 2 is 1.53 bits per heavy atom. The number of hydrogen-bond donors (Lipinski definition) is 1. The van der Waals surface area contributed by atoms with Gasteiger partial charge in [-0.1, -0.05) is 59.7 Å². The molecule has 1 aromatic rings. The molecule has 0 spiro atoms. The van der Waals surface area contributed by atoms with Gasteiger partial charge in [0.15, 0.2) is 0 Å². The second-order valence-electron chi connectivity index (χ2n) is 5.92. The van der Waals surface area contributed by atoms with Gasteiger partial charge in [0.25, 0.3) is 0 Å². The van der Waals surface area contributed by atoms with Gasteiger partial charge in [-0.3, -0.25) is 4.79 Å². The average molecular weight is 261 g/mol. The normalized spacial score (nSPS) is 12.8. The molecular formula is C17H27NO. The van der Waals surface area contributed by atoms with Gasteiger partial charge >= 0.3 is 0 Å². The number of nitrogens with one attached hydrogen (secondary N) is 1. The summed E-state index contributed by atoms with van der Waals surface area (Å²) >= 11 is 0. The van der Waals surface area contributed by atoms with Crippen LogP contribution in [-0.4, -0.2) is 5.91 Å². The maximum Gasteiger partial charge on any atom is 0.227 e. The Bertz CT molecular complexity index is 409. The van der Waals surface area contributed by atoms with Crippen LogP contribution in [0.5, 0.6) is 0 Å². The first-order valence-corrected chi connectivity index (χ1v) is 7.32. The second-order valence-corrected chi connectivity index (χ2v) is 5.92. The van der Waals surface area contributed by atoms with Crippen molar-refractivity contribution in [1.29, 1.82) is 0 Å². The van der Waals surface area contributed by atoms with Crippen LogP contribution in [0, 0.1) is 5.92 Å². The van der Waals surface area contributed by atoms with E-state index in [1.165, 1.54) is 11.1 Å². The summed E-state index contributed by atoms with van der Waals surface area (Å²) in [5.41, 5.74) is 3.48. The number of anilines is 1. The van der Waals surface area contributed by atoms with Gasteiger partial charge in [0.1, 0.15) is 0 Å². The lowest BCUT2D eigenvalue weighted by Gasteiger charge is -2.21. The molecule has 0 heterocycles. The number of rotatable bonds is 5. The topological polar surface area (TPSA) is 29.1 Å². The quantitative estimate of drug-likeness (QED) is 0.801. The first kappa shape index (κ1) is 15.7. The molecule has 106 valence electrons. The number of amides is 1. The molecule has 1 atom stereocenters. The zero-order valence-electron chi connectivity index (χ0n) is 13.1. The van der Waals surface area contributed by atoms with Gasteiger partial charge in [0.05, 0.1) is 0 Å². The van der Waals surface area contributed by atoms with Gasteiger partial charge < -0.3 is 5.32 Å². The smallest absolute Gasteiger partial charge is 0.227 e. The lowest BCUT2D eigenvalue weighted by Crippen LogP contribution is -2.22. The van der Waals surface area contributed by atoms with E-state index in [4.69, 9.17) is 0 Å². The van der Waals surface area contributed by atoms with E-state index in [0.717, 1.165) is 12.1 Å². The molecule has 0 fully saturated rings. The summed E-state index contributed by atoms with van der Waals surface area (Å²) in [6, 6.07) is 6.31. The standard InChI is InChI=1S/C17H27NO/c1-7-13(6)17(19)18-16-14(11(2)3)9-8-10-15(16)12(4)5/h8-13H,7H2,1-6H3,(H,18,19). The van der Waals surface area contributed by atoms with Crippen molar-refractivity contribution in [3.63, 3.8) is 0 Å². The summed E-state index contributed by atoms with van der Waals surface area (Å²) in [7, 11) is 0. The summed E-state index contributed by atoms with van der Waals surface area (Å²) in [5, 5.41) is 3.15. The summed E-state index contributed by atoms with van der Waals surface area (Å²) in [5.74, 6) is 0.995. The Balaban J connectivity index is 3.18. The Morgan fingerprint density at radius 1 is 1.05 bits per heavy atom. The molecule has 1 N–H and O–H groups in total. The Hall–Kier alpha value is -1.31. The van der Waals surface area contributed by atoms with Crippen molar-refractivity contribution in [3.8, 4) is 0 Å². The lowest BCUT2D eigenvalue weighted by atomic mass is 9.92. The summed E-state index contributed by atoms with van der Waals surface area (Å²) in [4.78, 5) is 12.2. The molecule has 0 bridgehead atoms. The van der Waals surface area contributed by atoms with E-state index in [2.05, 4.69) is 51.2 Å². The maximum absolute atomic E-state index is 12.2. The summed E-state index contributed by atoms with van der Waals surface area (Å²) in [6.45, 7) is 12.7. The van der Waals surface area contributed by atoms with Crippen LogP contribution in [0.4, 0.5) is 5.69 Å². The van der Waals surface area contributed by atoms with Gasteiger partial charge in [0.2, 0.25) is 5.91 Å². The van der Waals surface area contributed by atoms with Gasteiger partial charge in [-0.15, -0.1) is 0 Å². The molecule has 1 rings (SSSR count). The highest BCUT2D eigenvalue weighted by atomic mass is 16.1. The molecule has 1 amide bonds. The van der Waals surface area contributed by atoms with Crippen LogP contribution in [0.1, 0.15) is 70.9 Å². The number of carbonyl (C=O) groups is 1. The van der Waals surface area contributed by atoms with Crippen molar-refractivity contribution in [2.24, 2.45) is 5.92 Å². The van der Waals surface area contributed by atoms with Crippen molar-refractivity contribution in [2.75, 3.05) is 5.32 Å². The fourth-order valence-corrected chi connectivity index (χ4v) is 2.13. The molecule has 2 nitrogen and oxygen atoms in total. The van der Waals surface area contributed by atoms with Gasteiger partial charge in [-0.2, -0.15) is 0 Å². The van der Waals surface area contributed by atoms with E-state index in [1.807, 2.05) is 13.8 Å². The Morgan fingerprint density at radius 3 is 1.89 bits per heavy atom. The largest absolute Gasteiger partial charge is 0.325 e. The predicted molar refractivity (Wildman–Crippen MR) is 82.7 cm³/mol. The van der Waals surface area contributed by atoms with Gasteiger partial charge in [0, 0.05) is 11.6 Å². The minimum absolute atomic E-state index is 0.0558. The van der Waals surface area contributed by atoms with Crippen LogP contribution in [0.15, 0.2) is 18.2 Å². The van der Waals surface area contributed by atoms with Crippen LogP contribution < -0.4 is 5.32 Å². The monoisotopic (exact) mass is 261 g/mol. The zero-order valence-corrected chi connectivity index (χ0v) is 13.1. The molecular weight excluding hydrogens is 234 g/mol. The van der Waals surface area contributed by atoms with Crippen LogP contribution in [0.2, 0.25) is 0 Å². The average Bonchev–Trinajstić information content (AvgIpc) is 2.37. The van der Waals surface area contributed by atoms with Crippen molar-refractivity contribution < 1.29 is 4.79 Å². The molecule has 2 heteroatoms.